The molecule has 5 rings (SSSR count). The molecule has 34 heavy (non-hydrogen) atoms. The zero-order valence-corrected chi connectivity index (χ0v) is 17.7. The number of nitrogens with zero attached hydrogens (tertiary/aromatic N) is 2. The lowest BCUT2D eigenvalue weighted by molar-refractivity contribution is -0.137. The third-order valence-corrected chi connectivity index (χ3v) is 5.71. The molecule has 0 unspecified atom stereocenters. The van der Waals surface area contributed by atoms with E-state index in [9.17, 15) is 22.8 Å². The first-order valence-corrected chi connectivity index (χ1v) is 10.1. The molecule has 0 aliphatic heterocycles. The number of methoxy groups -OCH3 is 1. The van der Waals surface area contributed by atoms with E-state index >= 15 is 0 Å². The van der Waals surface area contributed by atoms with Gasteiger partial charge in [-0.25, -0.2) is 9.78 Å². The van der Waals surface area contributed by atoms with E-state index < -0.39 is 28.8 Å². The summed E-state index contributed by atoms with van der Waals surface area (Å²) in [6.07, 6.45) is -4.66. The number of rotatable bonds is 2. The van der Waals surface area contributed by atoms with Crippen molar-refractivity contribution in [3.05, 3.63) is 88.2 Å². The van der Waals surface area contributed by atoms with Crippen LogP contribution in [0.25, 0.3) is 38.4 Å². The summed E-state index contributed by atoms with van der Waals surface area (Å²) in [4.78, 5) is 30.9. The fourth-order valence-electron chi connectivity index (χ4n) is 4.17. The first-order valence-electron chi connectivity index (χ1n) is 10.1. The van der Waals surface area contributed by atoms with Gasteiger partial charge in [0.25, 0.3) is 5.56 Å². The second-order valence-corrected chi connectivity index (χ2v) is 7.65. The Morgan fingerprint density at radius 3 is 2.09 bits per heavy atom. The predicted octanol–water partition coefficient (Wildman–Crippen LogP) is 5.08. The topological polar surface area (TPSA) is 87.2 Å². The normalized spacial score (nSPS) is 11.9. The summed E-state index contributed by atoms with van der Waals surface area (Å²) in [5.41, 5.74) is 4.82. The Labute approximate surface area is 190 Å². The van der Waals surface area contributed by atoms with Gasteiger partial charge in [-0.15, -0.1) is 0 Å². The zero-order chi connectivity index (χ0) is 24.2. The van der Waals surface area contributed by atoms with Crippen LogP contribution in [0.3, 0.4) is 0 Å². The van der Waals surface area contributed by atoms with Gasteiger partial charge in [0.2, 0.25) is 0 Å². The number of carbonyl (C=O) groups excluding carboxylic acids is 1. The summed E-state index contributed by atoms with van der Waals surface area (Å²) in [7, 11) is 1.10. The number of para-hydroxylation sites is 2. The lowest BCUT2D eigenvalue weighted by Crippen LogP contribution is -2.28. The molecule has 0 spiro atoms. The number of esters is 1. The molecule has 0 bridgehead atoms. The van der Waals surface area contributed by atoms with Gasteiger partial charge in [0.15, 0.2) is 0 Å². The number of alkyl halides is 3. The fourth-order valence-corrected chi connectivity index (χ4v) is 4.17. The van der Waals surface area contributed by atoms with E-state index in [1.807, 2.05) is 0 Å². The summed E-state index contributed by atoms with van der Waals surface area (Å²) in [5.74, 6) is -0.985. The van der Waals surface area contributed by atoms with Crippen molar-refractivity contribution in [2.24, 2.45) is 0 Å². The molecule has 0 atom stereocenters. The Bertz CT molecular complexity index is 1640. The fraction of sp³-hybridized carbons (Fsp3) is 0.0800. The predicted molar refractivity (Wildman–Crippen MR) is 123 cm³/mol. The third-order valence-electron chi connectivity index (χ3n) is 5.71. The van der Waals surface area contributed by atoms with E-state index in [0.29, 0.717) is 27.5 Å². The summed E-state index contributed by atoms with van der Waals surface area (Å²) >= 11 is 0. The summed E-state index contributed by atoms with van der Waals surface area (Å²) < 4.78 is 46.7. The summed E-state index contributed by atoms with van der Waals surface area (Å²) in [6.45, 7) is 0. The van der Waals surface area contributed by atoms with Gasteiger partial charge in [-0.2, -0.15) is 13.2 Å². The summed E-state index contributed by atoms with van der Waals surface area (Å²) in [6, 6.07) is 16.8. The molecular formula is C25H16F3N3O3. The Morgan fingerprint density at radius 1 is 0.941 bits per heavy atom. The number of fused-ring (bicyclic) bond motifs is 3. The molecule has 0 fully saturated rings. The molecule has 3 aromatic carbocycles. The molecule has 0 saturated heterocycles. The van der Waals surface area contributed by atoms with Crippen molar-refractivity contribution >= 4 is 44.4 Å². The SMILES string of the molecule is COC(=O)c1c(N)c2ccc(C(F)(F)F)cc2n(-c2c3ccccc3nc3ccccc23)c1=O. The highest BCUT2D eigenvalue weighted by Crippen LogP contribution is 2.36. The maximum atomic E-state index is 13.7. The number of halogens is 3. The molecule has 2 aromatic heterocycles. The molecule has 9 heteroatoms. The molecule has 6 nitrogen and oxygen atoms in total. The molecule has 0 radical (unpaired) electrons. The van der Waals surface area contributed by atoms with Gasteiger partial charge in [0, 0.05) is 16.2 Å². The Morgan fingerprint density at radius 2 is 1.53 bits per heavy atom. The van der Waals surface area contributed by atoms with Gasteiger partial charge in [-0.1, -0.05) is 42.5 Å². The average molecular weight is 463 g/mol. The molecular weight excluding hydrogens is 447 g/mol. The van der Waals surface area contributed by atoms with E-state index in [0.717, 1.165) is 29.9 Å². The van der Waals surface area contributed by atoms with Crippen LogP contribution in [0.4, 0.5) is 18.9 Å². The van der Waals surface area contributed by atoms with E-state index in [4.69, 9.17) is 10.5 Å². The molecule has 2 N–H and O–H groups in total. The smallest absolute Gasteiger partial charge is 0.416 e. The van der Waals surface area contributed by atoms with Gasteiger partial charge in [0.1, 0.15) is 5.56 Å². The van der Waals surface area contributed by atoms with Gasteiger partial charge < -0.3 is 10.5 Å². The van der Waals surface area contributed by atoms with Crippen molar-refractivity contribution < 1.29 is 22.7 Å². The number of nitrogen functional groups attached to an aromatic ring is 1. The number of hydrogen-bond acceptors (Lipinski definition) is 5. The number of aromatic nitrogens is 2. The minimum Gasteiger partial charge on any atom is -0.465 e. The maximum Gasteiger partial charge on any atom is 0.416 e. The Kier molecular flexibility index (Phi) is 4.78. The van der Waals surface area contributed by atoms with Crippen LogP contribution in [0.2, 0.25) is 0 Å². The molecule has 170 valence electrons. The molecule has 0 aliphatic carbocycles. The van der Waals surface area contributed by atoms with Gasteiger partial charge in [0.05, 0.1) is 40.6 Å². The van der Waals surface area contributed by atoms with Crippen molar-refractivity contribution in [3.63, 3.8) is 0 Å². The second-order valence-electron chi connectivity index (χ2n) is 7.65. The number of carbonyl (C=O) groups is 1. The zero-order valence-electron chi connectivity index (χ0n) is 17.7. The van der Waals surface area contributed by atoms with Crippen molar-refractivity contribution in [1.29, 1.82) is 0 Å². The summed E-state index contributed by atoms with van der Waals surface area (Å²) in [5, 5.41) is 1.14. The quantitative estimate of drug-likeness (QED) is 0.291. The highest BCUT2D eigenvalue weighted by molar-refractivity contribution is 6.08. The lowest BCUT2D eigenvalue weighted by atomic mass is 10.0. The molecule has 5 aromatic rings. The Balaban J connectivity index is 2.08. The number of benzene rings is 3. The van der Waals surface area contributed by atoms with Crippen molar-refractivity contribution in [2.45, 2.75) is 6.18 Å². The minimum atomic E-state index is -4.66. The molecule has 2 heterocycles. The van der Waals surface area contributed by atoms with Crippen LogP contribution in [0.1, 0.15) is 15.9 Å². The number of anilines is 1. The van der Waals surface area contributed by atoms with Crippen molar-refractivity contribution in [3.8, 4) is 5.69 Å². The highest BCUT2D eigenvalue weighted by atomic mass is 19.4. The highest BCUT2D eigenvalue weighted by Gasteiger charge is 2.32. The first-order chi connectivity index (χ1) is 16.2. The van der Waals surface area contributed by atoms with Crippen LogP contribution < -0.4 is 11.3 Å². The minimum absolute atomic E-state index is 0.0912. The lowest BCUT2D eigenvalue weighted by Gasteiger charge is -2.19. The number of hydrogen-bond donors (Lipinski definition) is 1. The monoisotopic (exact) mass is 463 g/mol. The first kappa shape index (κ1) is 21.4. The standard InChI is InChI=1S/C25H16F3N3O3/c1-34-24(33)20-21(29)16-11-10-13(25(26,27)28)12-19(16)31(23(20)32)22-14-6-2-4-8-17(14)30-18-9-5-3-7-15(18)22/h2-12H,29H2,1H3. The van der Waals surface area contributed by atoms with E-state index in [2.05, 4.69) is 4.98 Å². The number of ether oxygens (including phenoxy) is 1. The van der Waals surface area contributed by atoms with Crippen LogP contribution in [-0.2, 0) is 10.9 Å². The van der Waals surface area contributed by atoms with Gasteiger partial charge in [-0.05, 0) is 24.3 Å². The van der Waals surface area contributed by atoms with Crippen molar-refractivity contribution in [2.75, 3.05) is 12.8 Å². The second kappa shape index (κ2) is 7.58. The van der Waals surface area contributed by atoms with E-state index in [1.165, 1.54) is 0 Å². The van der Waals surface area contributed by atoms with Gasteiger partial charge in [-0.3, -0.25) is 9.36 Å². The molecule has 0 saturated carbocycles. The third kappa shape index (κ3) is 3.16. The average Bonchev–Trinajstić information content (AvgIpc) is 2.82. The van der Waals surface area contributed by atoms with E-state index in [-0.39, 0.29) is 16.6 Å². The van der Waals surface area contributed by atoms with Crippen LogP contribution in [0.15, 0.2) is 71.5 Å². The van der Waals surface area contributed by atoms with Gasteiger partial charge >= 0.3 is 12.1 Å². The van der Waals surface area contributed by atoms with E-state index in [1.54, 1.807) is 48.5 Å². The Hall–Kier alpha value is -4.40. The maximum absolute atomic E-state index is 13.7. The number of pyridine rings is 2. The van der Waals surface area contributed by atoms with Crippen LogP contribution in [0, 0.1) is 0 Å². The van der Waals surface area contributed by atoms with Crippen molar-refractivity contribution in [1.82, 2.24) is 9.55 Å². The molecule has 0 amide bonds. The largest absolute Gasteiger partial charge is 0.465 e. The van der Waals surface area contributed by atoms with Crippen LogP contribution >= 0.6 is 0 Å². The van der Waals surface area contributed by atoms with Crippen LogP contribution in [-0.4, -0.2) is 22.6 Å². The van der Waals surface area contributed by atoms with Crippen LogP contribution in [0.5, 0.6) is 0 Å². The molecule has 0 aliphatic rings. The number of nitrogens with two attached hydrogens (primary N) is 1.